The third-order valence-corrected chi connectivity index (χ3v) is 3.40. The van der Waals surface area contributed by atoms with Gasteiger partial charge in [-0.3, -0.25) is 4.79 Å². The van der Waals surface area contributed by atoms with E-state index in [0.717, 1.165) is 16.9 Å². The minimum atomic E-state index is -0.0379. The zero-order valence-electron chi connectivity index (χ0n) is 11.3. The second-order valence-electron chi connectivity index (χ2n) is 4.60. The van der Waals surface area contributed by atoms with Crippen molar-refractivity contribution in [1.29, 1.82) is 0 Å². The van der Waals surface area contributed by atoms with Gasteiger partial charge in [-0.2, -0.15) is 0 Å². The molecule has 0 aliphatic rings. The third-order valence-electron chi connectivity index (χ3n) is 3.40. The van der Waals surface area contributed by atoms with Gasteiger partial charge in [0.25, 0.3) is 0 Å². The SMILES string of the molecule is COc1cccc(-c2cc(=O)c3ccccc3o2)c1C. The highest BCUT2D eigenvalue weighted by atomic mass is 16.5. The molecule has 3 heteroatoms. The summed E-state index contributed by atoms with van der Waals surface area (Å²) in [7, 11) is 1.63. The molecule has 20 heavy (non-hydrogen) atoms. The van der Waals surface area contributed by atoms with Crippen LogP contribution < -0.4 is 10.2 Å². The number of rotatable bonds is 2. The van der Waals surface area contributed by atoms with Crippen LogP contribution in [0.5, 0.6) is 5.75 Å². The van der Waals surface area contributed by atoms with E-state index in [1.165, 1.54) is 6.07 Å². The predicted octanol–water partition coefficient (Wildman–Crippen LogP) is 3.78. The number of hydrogen-bond acceptors (Lipinski definition) is 3. The molecule has 0 aliphatic carbocycles. The van der Waals surface area contributed by atoms with Gasteiger partial charge < -0.3 is 9.15 Å². The molecule has 3 aromatic rings. The highest BCUT2D eigenvalue weighted by Crippen LogP contribution is 2.30. The van der Waals surface area contributed by atoms with E-state index in [1.54, 1.807) is 19.2 Å². The molecule has 0 saturated carbocycles. The van der Waals surface area contributed by atoms with Crippen molar-refractivity contribution >= 4 is 11.0 Å². The zero-order chi connectivity index (χ0) is 14.1. The largest absolute Gasteiger partial charge is 0.496 e. The number of para-hydroxylation sites is 1. The van der Waals surface area contributed by atoms with Crippen molar-refractivity contribution < 1.29 is 9.15 Å². The number of ether oxygens (including phenoxy) is 1. The molecule has 0 saturated heterocycles. The van der Waals surface area contributed by atoms with Gasteiger partial charge in [-0.25, -0.2) is 0 Å². The first-order valence-electron chi connectivity index (χ1n) is 6.37. The third kappa shape index (κ3) is 1.97. The standard InChI is InChI=1S/C17H14O3/c1-11-12(7-5-9-15(11)19-2)17-10-14(18)13-6-3-4-8-16(13)20-17/h3-10H,1-2H3. The molecule has 1 aromatic heterocycles. The van der Waals surface area contributed by atoms with Gasteiger partial charge in [0.2, 0.25) is 0 Å². The molecule has 0 bridgehead atoms. The molecule has 0 N–H and O–H groups in total. The number of benzene rings is 2. The highest BCUT2D eigenvalue weighted by Gasteiger charge is 2.11. The number of fused-ring (bicyclic) bond motifs is 1. The average Bonchev–Trinajstić information content (AvgIpc) is 2.47. The summed E-state index contributed by atoms with van der Waals surface area (Å²) in [4.78, 5) is 12.1. The fourth-order valence-corrected chi connectivity index (χ4v) is 2.34. The topological polar surface area (TPSA) is 39.4 Å². The molecular formula is C17H14O3. The van der Waals surface area contributed by atoms with E-state index in [2.05, 4.69) is 0 Å². The lowest BCUT2D eigenvalue weighted by Crippen LogP contribution is -2.00. The van der Waals surface area contributed by atoms with Gasteiger partial charge >= 0.3 is 0 Å². The van der Waals surface area contributed by atoms with E-state index < -0.39 is 0 Å². The van der Waals surface area contributed by atoms with Gasteiger partial charge in [-0.15, -0.1) is 0 Å². The first kappa shape index (κ1) is 12.5. The van der Waals surface area contributed by atoms with Gasteiger partial charge in [-0.1, -0.05) is 24.3 Å². The molecule has 100 valence electrons. The Morgan fingerprint density at radius 2 is 1.85 bits per heavy atom. The van der Waals surface area contributed by atoms with Crippen LogP contribution in [0, 0.1) is 6.92 Å². The van der Waals surface area contributed by atoms with Crippen molar-refractivity contribution in [2.24, 2.45) is 0 Å². The van der Waals surface area contributed by atoms with Crippen molar-refractivity contribution in [2.45, 2.75) is 6.92 Å². The second kappa shape index (κ2) is 4.85. The lowest BCUT2D eigenvalue weighted by atomic mass is 10.0. The molecule has 0 aliphatic heterocycles. The Hall–Kier alpha value is -2.55. The van der Waals surface area contributed by atoms with Crippen molar-refractivity contribution in [3.05, 3.63) is 64.3 Å². The average molecular weight is 266 g/mol. The van der Waals surface area contributed by atoms with E-state index in [4.69, 9.17) is 9.15 Å². The Balaban J connectivity index is 2.28. The van der Waals surface area contributed by atoms with Crippen LogP contribution in [0.15, 0.2) is 57.7 Å². The fraction of sp³-hybridized carbons (Fsp3) is 0.118. The van der Waals surface area contributed by atoms with E-state index in [0.29, 0.717) is 16.7 Å². The summed E-state index contributed by atoms with van der Waals surface area (Å²) in [5.41, 5.74) is 2.38. The minimum Gasteiger partial charge on any atom is -0.496 e. The normalized spacial score (nSPS) is 10.7. The van der Waals surface area contributed by atoms with Crippen molar-refractivity contribution in [1.82, 2.24) is 0 Å². The molecule has 2 aromatic carbocycles. The predicted molar refractivity (Wildman–Crippen MR) is 79.2 cm³/mol. The molecule has 1 heterocycles. The van der Waals surface area contributed by atoms with E-state index in [1.807, 2.05) is 37.3 Å². The summed E-state index contributed by atoms with van der Waals surface area (Å²) in [6.45, 7) is 1.95. The Labute approximate surface area is 116 Å². The smallest absolute Gasteiger partial charge is 0.193 e. The number of hydrogen-bond donors (Lipinski definition) is 0. The monoisotopic (exact) mass is 266 g/mol. The molecular weight excluding hydrogens is 252 g/mol. The quantitative estimate of drug-likeness (QED) is 0.708. The Morgan fingerprint density at radius 3 is 2.65 bits per heavy atom. The van der Waals surface area contributed by atoms with Crippen LogP contribution in [0.2, 0.25) is 0 Å². The van der Waals surface area contributed by atoms with Gasteiger partial charge in [0.05, 0.1) is 12.5 Å². The molecule has 3 rings (SSSR count). The maximum absolute atomic E-state index is 12.1. The lowest BCUT2D eigenvalue weighted by Gasteiger charge is -2.10. The van der Waals surface area contributed by atoms with Gasteiger partial charge in [0.1, 0.15) is 17.1 Å². The summed E-state index contributed by atoms with van der Waals surface area (Å²) < 4.78 is 11.2. The summed E-state index contributed by atoms with van der Waals surface area (Å²) in [6.07, 6.45) is 0. The van der Waals surface area contributed by atoms with E-state index in [-0.39, 0.29) is 5.43 Å². The van der Waals surface area contributed by atoms with Crippen LogP contribution in [0.1, 0.15) is 5.56 Å². The molecule has 0 amide bonds. The van der Waals surface area contributed by atoms with Crippen LogP contribution in [-0.2, 0) is 0 Å². The van der Waals surface area contributed by atoms with Crippen LogP contribution in [0.4, 0.5) is 0 Å². The molecule has 0 unspecified atom stereocenters. The minimum absolute atomic E-state index is 0.0379. The Bertz CT molecular complexity index is 831. The van der Waals surface area contributed by atoms with Crippen molar-refractivity contribution in [3.8, 4) is 17.1 Å². The van der Waals surface area contributed by atoms with Gasteiger partial charge in [0.15, 0.2) is 5.43 Å². The van der Waals surface area contributed by atoms with Gasteiger partial charge in [0, 0.05) is 17.2 Å². The summed E-state index contributed by atoms with van der Waals surface area (Å²) >= 11 is 0. The van der Waals surface area contributed by atoms with Crippen LogP contribution in [-0.4, -0.2) is 7.11 Å². The summed E-state index contributed by atoms with van der Waals surface area (Å²) in [5, 5.41) is 0.594. The van der Waals surface area contributed by atoms with Crippen LogP contribution in [0.3, 0.4) is 0 Å². The molecule has 0 spiro atoms. The van der Waals surface area contributed by atoms with E-state index in [9.17, 15) is 4.79 Å². The number of methoxy groups -OCH3 is 1. The van der Waals surface area contributed by atoms with Crippen molar-refractivity contribution in [2.75, 3.05) is 7.11 Å². The Morgan fingerprint density at radius 1 is 1.05 bits per heavy atom. The Kier molecular flexibility index (Phi) is 3.03. The first-order valence-corrected chi connectivity index (χ1v) is 6.37. The molecule has 0 fully saturated rings. The van der Waals surface area contributed by atoms with Crippen LogP contribution >= 0.6 is 0 Å². The fourth-order valence-electron chi connectivity index (χ4n) is 2.34. The molecule has 0 atom stereocenters. The summed E-state index contributed by atoms with van der Waals surface area (Å²) in [5.74, 6) is 1.34. The maximum Gasteiger partial charge on any atom is 0.193 e. The highest BCUT2D eigenvalue weighted by molar-refractivity contribution is 5.79. The molecule has 0 radical (unpaired) electrons. The van der Waals surface area contributed by atoms with Crippen LogP contribution in [0.25, 0.3) is 22.3 Å². The first-order chi connectivity index (χ1) is 9.70. The summed E-state index contributed by atoms with van der Waals surface area (Å²) in [6, 6.07) is 14.5. The maximum atomic E-state index is 12.1. The zero-order valence-corrected chi connectivity index (χ0v) is 11.3. The lowest BCUT2D eigenvalue weighted by molar-refractivity contribution is 0.411. The molecule has 3 nitrogen and oxygen atoms in total. The second-order valence-corrected chi connectivity index (χ2v) is 4.60. The van der Waals surface area contributed by atoms with Gasteiger partial charge in [-0.05, 0) is 25.1 Å². The van der Waals surface area contributed by atoms with Crippen molar-refractivity contribution in [3.63, 3.8) is 0 Å². The van der Waals surface area contributed by atoms with E-state index >= 15 is 0 Å².